The first-order chi connectivity index (χ1) is 7.92. The maximum atomic E-state index is 11.8. The number of rotatable bonds is 3. The van der Waals surface area contributed by atoms with Crippen LogP contribution in [0.2, 0.25) is 0 Å². The molecule has 0 fully saturated rings. The van der Waals surface area contributed by atoms with Gasteiger partial charge in [0.1, 0.15) is 5.60 Å². The summed E-state index contributed by atoms with van der Waals surface area (Å²) in [5, 5.41) is 0. The van der Waals surface area contributed by atoms with Gasteiger partial charge in [-0.25, -0.2) is 4.79 Å². The summed E-state index contributed by atoms with van der Waals surface area (Å²) in [5.74, 6) is -0.385. The molecule has 3 heteroatoms. The highest BCUT2D eigenvalue weighted by Crippen LogP contribution is 2.13. The van der Waals surface area contributed by atoms with Gasteiger partial charge in [-0.1, -0.05) is 35.2 Å². The van der Waals surface area contributed by atoms with Gasteiger partial charge in [0.05, 0.1) is 6.42 Å². The number of hydrogen-bond acceptors (Lipinski definition) is 2. The second-order valence-electron chi connectivity index (χ2n) is 4.89. The molecule has 0 radical (unpaired) electrons. The smallest absolute Gasteiger partial charge is 0.395 e. The predicted molar refractivity (Wildman–Crippen MR) is 68.1 cm³/mol. The second-order valence-corrected chi connectivity index (χ2v) is 4.89. The average molecular weight is 232 g/mol. The molecule has 1 aromatic carbocycles. The molecule has 1 aromatic rings. The van der Waals surface area contributed by atoms with Crippen LogP contribution in [0.25, 0.3) is 4.85 Å². The average Bonchev–Trinajstić information content (AvgIpc) is 2.24. The molecule has 0 N–H and O–H groups in total. The molecule has 0 aliphatic heterocycles. The van der Waals surface area contributed by atoms with E-state index >= 15 is 0 Å². The van der Waals surface area contributed by atoms with Gasteiger partial charge < -0.3 is 4.74 Å². The summed E-state index contributed by atoms with van der Waals surface area (Å²) in [4.78, 5) is 15.4. The third kappa shape index (κ3) is 4.69. The van der Waals surface area contributed by atoms with E-state index in [2.05, 4.69) is 4.85 Å². The van der Waals surface area contributed by atoms with E-state index in [1.165, 1.54) is 0 Å². The molecule has 3 nitrogen and oxygen atoms in total. The molecule has 0 aromatic heterocycles. The Bertz CT molecular complexity index is 412. The van der Waals surface area contributed by atoms with Gasteiger partial charge in [0.25, 0.3) is 6.57 Å². The quantitative estimate of drug-likeness (QED) is 0.750. The van der Waals surface area contributed by atoms with Crippen LogP contribution in [0.5, 0.6) is 0 Å². The van der Waals surface area contributed by atoms with Crippen molar-refractivity contribution in [3.63, 3.8) is 0 Å². The second kappa shape index (κ2) is 5.49. The van der Waals surface area contributed by atoms with Crippen LogP contribution in [0.4, 0.5) is 0 Å². The number of esters is 1. The minimum Gasteiger partial charge on any atom is -0.454 e. The highest BCUT2D eigenvalue weighted by atomic mass is 16.6. The van der Waals surface area contributed by atoms with E-state index in [0.717, 1.165) is 5.56 Å². The first kappa shape index (κ1) is 13.2. The number of ether oxygens (including phenoxy) is 1. The number of hydrogen-bond donors (Lipinski definition) is 0. The fourth-order valence-corrected chi connectivity index (χ4v) is 1.40. The molecule has 1 rings (SSSR count). The van der Waals surface area contributed by atoms with Gasteiger partial charge >= 0.3 is 12.0 Å². The Hall–Kier alpha value is -1.82. The van der Waals surface area contributed by atoms with Crippen molar-refractivity contribution >= 4 is 5.97 Å². The van der Waals surface area contributed by atoms with Crippen LogP contribution in [-0.4, -0.2) is 17.6 Å². The van der Waals surface area contributed by atoms with Crippen LogP contribution in [-0.2, 0) is 16.0 Å². The number of nitrogens with zero attached hydrogens (tertiary/aromatic N) is 1. The lowest BCUT2D eigenvalue weighted by Crippen LogP contribution is -2.31. The summed E-state index contributed by atoms with van der Waals surface area (Å²) < 4.78 is 5.25. The van der Waals surface area contributed by atoms with Crippen LogP contribution in [0, 0.1) is 6.57 Å². The fourth-order valence-electron chi connectivity index (χ4n) is 1.40. The van der Waals surface area contributed by atoms with Crippen molar-refractivity contribution in [1.29, 1.82) is 0 Å². The van der Waals surface area contributed by atoms with Crippen LogP contribution in [0.3, 0.4) is 0 Å². The molecule has 0 aliphatic rings. The highest BCUT2D eigenvalue weighted by molar-refractivity contribution is 5.78. The molecule has 0 spiro atoms. The van der Waals surface area contributed by atoms with Gasteiger partial charge in [-0.2, -0.15) is 0 Å². The highest BCUT2D eigenvalue weighted by Gasteiger charge is 2.32. The lowest BCUT2D eigenvalue weighted by Gasteiger charge is -2.18. The van der Waals surface area contributed by atoms with Crippen molar-refractivity contribution in [3.05, 3.63) is 40.7 Å². The van der Waals surface area contributed by atoms with Crippen molar-refractivity contribution < 1.29 is 9.53 Å². The lowest BCUT2D eigenvalue weighted by molar-refractivity contribution is -0.155. The Morgan fingerprint density at radius 3 is 2.41 bits per heavy atom. The van der Waals surface area contributed by atoms with Crippen LogP contribution < -0.4 is 0 Å². The van der Waals surface area contributed by atoms with Crippen molar-refractivity contribution in [3.8, 4) is 6.57 Å². The molecule has 1 atom stereocenters. The maximum Gasteiger partial charge on any atom is 0.395 e. The molecule has 0 bridgehead atoms. The molecule has 0 heterocycles. The Morgan fingerprint density at radius 2 is 1.94 bits per heavy atom. The summed E-state index contributed by atoms with van der Waals surface area (Å²) in [6, 6.07) is 8.98. The summed E-state index contributed by atoms with van der Waals surface area (Å²) >= 11 is 0. The molecular formula is C14H18NO2+. The molecule has 1 unspecified atom stereocenters. The minimum atomic E-state index is -0.642. The van der Waals surface area contributed by atoms with Crippen molar-refractivity contribution in [1.82, 2.24) is 0 Å². The molecule has 0 aliphatic carbocycles. The summed E-state index contributed by atoms with van der Waals surface area (Å²) in [5.41, 5.74) is 0.494. The summed E-state index contributed by atoms with van der Waals surface area (Å²) in [6.45, 7) is 10.7. The van der Waals surface area contributed by atoms with Gasteiger partial charge in [-0.05, 0) is 26.3 Å². The molecule has 90 valence electrons. The van der Waals surface area contributed by atoms with E-state index in [1.54, 1.807) is 0 Å². The largest absolute Gasteiger partial charge is 0.454 e. The zero-order valence-electron chi connectivity index (χ0n) is 10.5. The van der Waals surface area contributed by atoms with E-state index in [9.17, 15) is 4.79 Å². The first-order valence-corrected chi connectivity index (χ1v) is 5.59. The van der Waals surface area contributed by atoms with Crippen LogP contribution >= 0.6 is 0 Å². The lowest BCUT2D eigenvalue weighted by atomic mass is 10.1. The first-order valence-electron chi connectivity index (χ1n) is 5.59. The number of carbonyl (C=O) groups excluding carboxylic acids is 1. The molecule has 0 saturated heterocycles. The fraction of sp³-hybridized carbons (Fsp3) is 0.429. The van der Waals surface area contributed by atoms with Gasteiger partial charge in [0, 0.05) is 0 Å². The molecule has 0 saturated carbocycles. The summed E-state index contributed by atoms with van der Waals surface area (Å²) in [7, 11) is 0. The Balaban J connectivity index is 2.68. The molecule has 17 heavy (non-hydrogen) atoms. The molecule has 0 amide bonds. The number of benzene rings is 1. The van der Waals surface area contributed by atoms with Crippen molar-refractivity contribution in [2.45, 2.75) is 38.8 Å². The third-order valence-electron chi connectivity index (χ3n) is 2.13. The van der Waals surface area contributed by atoms with E-state index in [4.69, 9.17) is 11.3 Å². The van der Waals surface area contributed by atoms with Crippen LogP contribution in [0.1, 0.15) is 26.3 Å². The SMILES string of the molecule is C#[N+]C(Cc1ccccc1)C(=O)OC(C)(C)C. The Labute approximate surface area is 102 Å². The van der Waals surface area contributed by atoms with Crippen LogP contribution in [0.15, 0.2) is 30.3 Å². The van der Waals surface area contributed by atoms with E-state index in [-0.39, 0.29) is 5.97 Å². The Kier molecular flexibility index (Phi) is 4.28. The van der Waals surface area contributed by atoms with Gasteiger partial charge in [-0.3, -0.25) is 0 Å². The number of carbonyl (C=O) groups is 1. The third-order valence-corrected chi connectivity index (χ3v) is 2.13. The zero-order valence-corrected chi connectivity index (χ0v) is 10.5. The predicted octanol–water partition coefficient (Wildman–Crippen LogP) is 2.90. The zero-order chi connectivity index (χ0) is 12.9. The van der Waals surface area contributed by atoms with Gasteiger partial charge in [-0.15, -0.1) is 0 Å². The van der Waals surface area contributed by atoms with Crippen molar-refractivity contribution in [2.75, 3.05) is 0 Å². The molecular weight excluding hydrogens is 214 g/mol. The van der Waals surface area contributed by atoms with Gasteiger partial charge in [0.2, 0.25) is 0 Å². The van der Waals surface area contributed by atoms with E-state index < -0.39 is 11.6 Å². The van der Waals surface area contributed by atoms with Gasteiger partial charge in [0.15, 0.2) is 0 Å². The van der Waals surface area contributed by atoms with E-state index in [0.29, 0.717) is 6.42 Å². The standard InChI is InChI=1S/C14H18NO2/c1-14(2,3)17-13(16)12(15-4)10-11-8-6-5-7-9-11/h4-9,12H,10H2,1-3H3/q+1. The normalized spacial score (nSPS) is 12.6. The van der Waals surface area contributed by atoms with E-state index in [1.807, 2.05) is 51.1 Å². The topological polar surface area (TPSA) is 30.7 Å². The Morgan fingerprint density at radius 1 is 1.35 bits per heavy atom. The van der Waals surface area contributed by atoms with Crippen molar-refractivity contribution in [2.24, 2.45) is 0 Å². The summed E-state index contributed by atoms with van der Waals surface area (Å²) in [6.07, 6.45) is 0.465. The maximum absolute atomic E-state index is 11.8. The monoisotopic (exact) mass is 232 g/mol. The minimum absolute atomic E-state index is 0.385.